The van der Waals surface area contributed by atoms with E-state index < -0.39 is 0 Å². The molecule has 2 aliphatic rings. The van der Waals surface area contributed by atoms with Gasteiger partial charge < -0.3 is 5.11 Å². The largest absolute Gasteiger partial charge is 0.508 e. The molecular weight excluding hydrogens is 248 g/mol. The summed E-state index contributed by atoms with van der Waals surface area (Å²) in [5.41, 5.74) is 2.31. The second-order valence-corrected chi connectivity index (χ2v) is 6.63. The average molecular weight is 266 g/mol. The predicted octanol–water partition coefficient (Wildman–Crippen LogP) is 4.41. The highest BCUT2D eigenvalue weighted by Gasteiger charge is 2.46. The minimum atomic E-state index is 0.161. The third-order valence-electron chi connectivity index (χ3n) is 5.34. The van der Waals surface area contributed by atoms with Crippen molar-refractivity contribution in [2.24, 2.45) is 5.41 Å². The third kappa shape index (κ3) is 1.48. The van der Waals surface area contributed by atoms with E-state index in [4.69, 9.17) is 0 Å². The van der Waals surface area contributed by atoms with E-state index in [0.29, 0.717) is 12.3 Å². The fraction of sp³-hybridized carbons (Fsp3) is 0.389. The molecule has 0 aliphatic heterocycles. The lowest BCUT2D eigenvalue weighted by molar-refractivity contribution is 0.0888. The molecule has 2 aromatic rings. The molecule has 2 unspecified atom stereocenters. The number of phenols is 1. The number of carbonyl (C=O) groups is 1. The second kappa shape index (κ2) is 3.85. The smallest absolute Gasteiger partial charge is 0.164 e. The highest BCUT2D eigenvalue weighted by Crippen LogP contribution is 2.56. The highest BCUT2D eigenvalue weighted by molar-refractivity contribution is 6.11. The van der Waals surface area contributed by atoms with Gasteiger partial charge in [-0.3, -0.25) is 4.79 Å². The van der Waals surface area contributed by atoms with Crippen LogP contribution in [0.25, 0.3) is 10.8 Å². The van der Waals surface area contributed by atoms with Gasteiger partial charge in [0, 0.05) is 12.0 Å². The molecule has 1 saturated carbocycles. The fourth-order valence-electron chi connectivity index (χ4n) is 4.37. The van der Waals surface area contributed by atoms with Crippen LogP contribution in [0.4, 0.5) is 0 Å². The minimum Gasteiger partial charge on any atom is -0.508 e. The van der Waals surface area contributed by atoms with E-state index in [2.05, 4.69) is 13.0 Å². The van der Waals surface area contributed by atoms with Gasteiger partial charge in [-0.25, -0.2) is 0 Å². The van der Waals surface area contributed by atoms with Crippen LogP contribution < -0.4 is 0 Å². The number of ketones is 1. The Morgan fingerprint density at radius 3 is 2.95 bits per heavy atom. The monoisotopic (exact) mass is 266 g/mol. The number of rotatable bonds is 0. The molecule has 1 N–H and O–H groups in total. The zero-order chi connectivity index (χ0) is 13.9. The molecule has 0 radical (unpaired) electrons. The minimum absolute atomic E-state index is 0.161. The van der Waals surface area contributed by atoms with E-state index in [9.17, 15) is 9.90 Å². The number of hydrogen-bond donors (Lipinski definition) is 1. The number of phenolic OH excluding ortho intramolecular Hbond substituents is 1. The van der Waals surface area contributed by atoms with Crippen molar-refractivity contribution < 1.29 is 9.90 Å². The first-order valence-electron chi connectivity index (χ1n) is 7.37. The Kier molecular flexibility index (Phi) is 2.30. The van der Waals surface area contributed by atoms with Gasteiger partial charge >= 0.3 is 0 Å². The highest BCUT2D eigenvalue weighted by atomic mass is 16.3. The maximum atomic E-state index is 12.7. The van der Waals surface area contributed by atoms with Gasteiger partial charge in [-0.1, -0.05) is 25.5 Å². The number of Topliss-reactive ketones (excluding diaryl/α,β-unsaturated/α-hetero) is 1. The molecule has 2 nitrogen and oxygen atoms in total. The van der Waals surface area contributed by atoms with E-state index >= 15 is 0 Å². The molecule has 0 heterocycles. The number of fused-ring (bicyclic) bond motifs is 5. The lowest BCUT2D eigenvalue weighted by Crippen LogP contribution is -2.30. The van der Waals surface area contributed by atoms with E-state index in [0.717, 1.165) is 22.8 Å². The number of hydrogen-bond acceptors (Lipinski definition) is 2. The lowest BCUT2D eigenvalue weighted by Gasteiger charge is -2.37. The van der Waals surface area contributed by atoms with Gasteiger partial charge in [-0.2, -0.15) is 0 Å². The van der Waals surface area contributed by atoms with Gasteiger partial charge in [0.25, 0.3) is 0 Å². The molecule has 2 atom stereocenters. The average Bonchev–Trinajstić information content (AvgIpc) is 2.79. The summed E-state index contributed by atoms with van der Waals surface area (Å²) in [6.45, 7) is 2.27. The van der Waals surface area contributed by atoms with Gasteiger partial charge in [-0.05, 0) is 58.7 Å². The maximum absolute atomic E-state index is 12.7. The summed E-state index contributed by atoms with van der Waals surface area (Å²) in [5, 5.41) is 11.6. The summed E-state index contributed by atoms with van der Waals surface area (Å²) in [7, 11) is 0. The van der Waals surface area contributed by atoms with Crippen molar-refractivity contribution in [3.8, 4) is 5.75 Å². The van der Waals surface area contributed by atoms with Crippen molar-refractivity contribution in [2.45, 2.75) is 38.5 Å². The van der Waals surface area contributed by atoms with Crippen molar-refractivity contribution >= 4 is 16.6 Å². The molecule has 0 bridgehead atoms. The molecule has 2 heteroatoms. The Hall–Kier alpha value is -1.83. The van der Waals surface area contributed by atoms with Crippen molar-refractivity contribution in [2.75, 3.05) is 0 Å². The standard InChI is InChI=1S/C18H18O2/c1-18-8-2-3-15(18)14-6-4-11-9-12(19)5-7-13(11)17(14)16(20)10-18/h4-7,9,15,19H,2-3,8,10H2,1H3. The van der Waals surface area contributed by atoms with Crippen LogP contribution in [0.5, 0.6) is 5.75 Å². The van der Waals surface area contributed by atoms with Crippen molar-refractivity contribution in [1.29, 1.82) is 0 Å². The molecule has 0 aromatic heterocycles. The molecule has 1 fully saturated rings. The predicted molar refractivity (Wildman–Crippen MR) is 79.3 cm³/mol. The fourth-order valence-corrected chi connectivity index (χ4v) is 4.37. The van der Waals surface area contributed by atoms with Crippen LogP contribution in [0.1, 0.15) is 54.4 Å². The Balaban J connectivity index is 2.02. The topological polar surface area (TPSA) is 37.3 Å². The maximum Gasteiger partial charge on any atom is 0.164 e. The van der Waals surface area contributed by atoms with Crippen molar-refractivity contribution in [3.63, 3.8) is 0 Å². The molecule has 20 heavy (non-hydrogen) atoms. The van der Waals surface area contributed by atoms with E-state index in [-0.39, 0.29) is 16.9 Å². The lowest BCUT2D eigenvalue weighted by atomic mass is 9.66. The van der Waals surface area contributed by atoms with Crippen LogP contribution in [0.15, 0.2) is 30.3 Å². The third-order valence-corrected chi connectivity index (χ3v) is 5.34. The van der Waals surface area contributed by atoms with Crippen LogP contribution in [-0.4, -0.2) is 10.9 Å². The van der Waals surface area contributed by atoms with Gasteiger partial charge in [0.05, 0.1) is 0 Å². The first kappa shape index (κ1) is 12.0. The van der Waals surface area contributed by atoms with Gasteiger partial charge in [0.2, 0.25) is 0 Å². The molecule has 0 amide bonds. The van der Waals surface area contributed by atoms with Crippen LogP contribution in [0, 0.1) is 5.41 Å². The summed E-state index contributed by atoms with van der Waals surface area (Å²) in [5.74, 6) is 1.05. The zero-order valence-corrected chi connectivity index (χ0v) is 11.6. The van der Waals surface area contributed by atoms with Gasteiger partial charge in [0.1, 0.15) is 5.75 Å². The summed E-state index contributed by atoms with van der Waals surface area (Å²) in [6, 6.07) is 9.47. The Morgan fingerprint density at radius 1 is 1.25 bits per heavy atom. The summed E-state index contributed by atoms with van der Waals surface area (Å²) < 4.78 is 0. The summed E-state index contributed by atoms with van der Waals surface area (Å²) >= 11 is 0. The van der Waals surface area contributed by atoms with Crippen LogP contribution >= 0.6 is 0 Å². The number of benzene rings is 2. The number of carbonyl (C=O) groups excluding carboxylic acids is 1. The summed E-state index contributed by atoms with van der Waals surface area (Å²) in [6.07, 6.45) is 4.25. The summed E-state index contributed by atoms with van der Waals surface area (Å²) in [4.78, 5) is 12.7. The first-order chi connectivity index (χ1) is 9.58. The SMILES string of the molecule is CC12CCCC1c1ccc3cc(O)ccc3c1C(=O)C2. The van der Waals surface area contributed by atoms with E-state index in [1.165, 1.54) is 18.4 Å². The van der Waals surface area contributed by atoms with Gasteiger partial charge in [-0.15, -0.1) is 0 Å². The van der Waals surface area contributed by atoms with E-state index in [1.54, 1.807) is 12.1 Å². The quantitative estimate of drug-likeness (QED) is 0.767. The van der Waals surface area contributed by atoms with Crippen molar-refractivity contribution in [1.82, 2.24) is 0 Å². The van der Waals surface area contributed by atoms with Crippen LogP contribution in [0.3, 0.4) is 0 Å². The van der Waals surface area contributed by atoms with E-state index in [1.807, 2.05) is 12.1 Å². The number of aromatic hydroxyl groups is 1. The Morgan fingerprint density at radius 2 is 2.10 bits per heavy atom. The molecule has 0 saturated heterocycles. The van der Waals surface area contributed by atoms with Crippen LogP contribution in [0.2, 0.25) is 0 Å². The second-order valence-electron chi connectivity index (χ2n) is 6.63. The molecule has 0 spiro atoms. The van der Waals surface area contributed by atoms with Gasteiger partial charge in [0.15, 0.2) is 5.78 Å². The Bertz CT molecular complexity index is 732. The van der Waals surface area contributed by atoms with Crippen LogP contribution in [-0.2, 0) is 0 Å². The molecular formula is C18H18O2. The molecule has 2 aromatic carbocycles. The zero-order valence-electron chi connectivity index (χ0n) is 11.6. The molecule has 4 rings (SSSR count). The Labute approximate surface area is 118 Å². The normalized spacial score (nSPS) is 28.4. The molecule has 2 aliphatic carbocycles. The van der Waals surface area contributed by atoms with Crippen molar-refractivity contribution in [3.05, 3.63) is 41.5 Å². The molecule has 102 valence electrons. The first-order valence-corrected chi connectivity index (χ1v) is 7.37.